The third-order valence-electron chi connectivity index (χ3n) is 8.24. The molecule has 1 amide bonds. The van der Waals surface area contributed by atoms with Crippen molar-refractivity contribution in [2.24, 2.45) is 17.6 Å². The molecule has 7 N–H and O–H groups in total. The second-order valence-corrected chi connectivity index (χ2v) is 12.6. The predicted molar refractivity (Wildman–Crippen MR) is 145 cm³/mol. The Morgan fingerprint density at radius 1 is 1.17 bits per heavy atom. The van der Waals surface area contributed by atoms with E-state index in [1.807, 2.05) is 0 Å². The molecule has 2 aromatic carbocycles. The van der Waals surface area contributed by atoms with Crippen molar-refractivity contribution < 1.29 is 47.6 Å². The molecule has 0 radical (unpaired) electrons. The Morgan fingerprint density at radius 2 is 1.81 bits per heavy atom. The van der Waals surface area contributed by atoms with E-state index in [1.165, 1.54) is 43.3 Å². The van der Waals surface area contributed by atoms with Gasteiger partial charge in [0.05, 0.1) is 16.5 Å². The molecule has 0 unspecified atom stereocenters. The molecule has 0 saturated heterocycles. The summed E-state index contributed by atoms with van der Waals surface area (Å²) >= 11 is 0. The highest BCUT2D eigenvalue weighted by Crippen LogP contribution is 2.53. The lowest BCUT2D eigenvalue weighted by atomic mass is 9.57. The number of phenols is 1. The molecule has 0 aliphatic heterocycles. The fourth-order valence-corrected chi connectivity index (χ4v) is 7.36. The van der Waals surface area contributed by atoms with Gasteiger partial charge in [0, 0.05) is 29.2 Å². The smallest absolute Gasteiger partial charge is 0.255 e. The molecule has 4 atom stereocenters. The van der Waals surface area contributed by atoms with E-state index in [0.29, 0.717) is 0 Å². The number of hydrogen-bond donors (Lipinski definition) is 6. The summed E-state index contributed by atoms with van der Waals surface area (Å²) in [5.74, 6) is -9.43. The number of nitrogens with one attached hydrogen (secondary N) is 1. The molecule has 42 heavy (non-hydrogen) atoms. The van der Waals surface area contributed by atoms with E-state index in [9.17, 15) is 43.2 Å². The second-order valence-electron chi connectivity index (χ2n) is 10.8. The molecule has 0 heterocycles. The third kappa shape index (κ3) is 4.21. The standard InChI is InChI=1S/C28H28FN3O9S/c1-32(2)22-16-9-12-8-15-19(23(34)18(12)25(36)28(16,39)26(37)20(24(22)35)27(30)38)17(33)10-13(21(15)29)11-31-42(40,41)14-6-4-3-5-7-14/h3-7,10,12,16,22,31,33-34,37,39H,8-9,11H2,1-2H3,(H2,30,38)/t12-,16-,22-,28-/m0/s1. The topological polar surface area (TPSA) is 208 Å². The van der Waals surface area contributed by atoms with Gasteiger partial charge in [0.15, 0.2) is 11.4 Å². The highest BCUT2D eigenvalue weighted by Gasteiger charge is 2.64. The largest absolute Gasteiger partial charge is 0.508 e. The number of carbonyl (C=O) groups is 3. The molecule has 14 heteroatoms. The summed E-state index contributed by atoms with van der Waals surface area (Å²) in [6.45, 7) is -0.543. The van der Waals surface area contributed by atoms with E-state index in [2.05, 4.69) is 4.72 Å². The monoisotopic (exact) mass is 601 g/mol. The van der Waals surface area contributed by atoms with Crippen LogP contribution in [0.5, 0.6) is 5.75 Å². The van der Waals surface area contributed by atoms with Crippen LogP contribution in [0, 0.1) is 17.7 Å². The lowest BCUT2D eigenvalue weighted by molar-refractivity contribution is -0.153. The van der Waals surface area contributed by atoms with Gasteiger partial charge in [0.2, 0.25) is 15.8 Å². The molecule has 222 valence electrons. The van der Waals surface area contributed by atoms with Gasteiger partial charge in [-0.3, -0.25) is 19.3 Å². The number of aliphatic hydroxyl groups is 3. The number of hydrogen-bond acceptors (Lipinski definition) is 10. The number of primary amides is 1. The van der Waals surface area contributed by atoms with Gasteiger partial charge in [-0.2, -0.15) is 0 Å². The van der Waals surface area contributed by atoms with Crippen LogP contribution in [0.15, 0.2) is 58.2 Å². The minimum absolute atomic E-state index is 0.0553. The quantitative estimate of drug-likeness (QED) is 0.254. The summed E-state index contributed by atoms with van der Waals surface area (Å²) < 4.78 is 43.4. The first kappa shape index (κ1) is 29.4. The number of sulfonamides is 1. The van der Waals surface area contributed by atoms with E-state index >= 15 is 4.39 Å². The maximum absolute atomic E-state index is 15.8. The normalized spacial score (nSPS) is 25.8. The SMILES string of the molecule is CN(C)[C@@H]1C(=O)C(C(N)=O)=C(O)[C@@]2(O)C(=O)C3=C(O)c4c(O)cc(CNS(=O)(=O)c5ccccc5)c(F)c4C[C@H]3C[C@@H]12. The summed E-state index contributed by atoms with van der Waals surface area (Å²) in [7, 11) is -1.10. The Kier molecular flexibility index (Phi) is 7.01. The van der Waals surface area contributed by atoms with Crippen molar-refractivity contribution >= 4 is 33.3 Å². The Labute approximate surface area is 239 Å². The number of nitrogens with two attached hydrogens (primary N) is 1. The number of aliphatic hydroxyl groups excluding tert-OH is 2. The van der Waals surface area contributed by atoms with Crippen molar-refractivity contribution in [1.29, 1.82) is 0 Å². The molecule has 0 bridgehead atoms. The molecule has 3 aliphatic rings. The molecule has 5 rings (SSSR count). The van der Waals surface area contributed by atoms with E-state index < -0.39 is 97.3 Å². The third-order valence-corrected chi connectivity index (χ3v) is 9.65. The van der Waals surface area contributed by atoms with Gasteiger partial charge in [-0.05, 0) is 51.1 Å². The number of ketones is 2. The van der Waals surface area contributed by atoms with Crippen LogP contribution in [0.4, 0.5) is 4.39 Å². The number of rotatable bonds is 6. The highest BCUT2D eigenvalue weighted by molar-refractivity contribution is 7.89. The van der Waals surface area contributed by atoms with Crippen LogP contribution in [-0.2, 0) is 37.4 Å². The molecule has 1 saturated carbocycles. The number of nitrogens with zero attached hydrogens (tertiary/aromatic N) is 1. The van der Waals surface area contributed by atoms with Crippen molar-refractivity contribution in [3.05, 3.63) is 75.8 Å². The van der Waals surface area contributed by atoms with Crippen LogP contribution in [0.25, 0.3) is 5.76 Å². The maximum Gasteiger partial charge on any atom is 0.255 e. The lowest BCUT2D eigenvalue weighted by Crippen LogP contribution is -2.65. The Bertz CT molecular complexity index is 1720. The average molecular weight is 602 g/mol. The first-order chi connectivity index (χ1) is 19.6. The predicted octanol–water partition coefficient (Wildman–Crippen LogP) is 0.582. The van der Waals surface area contributed by atoms with Crippen LogP contribution >= 0.6 is 0 Å². The van der Waals surface area contributed by atoms with Crippen molar-refractivity contribution in [3.8, 4) is 5.75 Å². The van der Waals surface area contributed by atoms with Gasteiger partial charge < -0.3 is 26.2 Å². The Balaban J connectivity index is 1.59. The van der Waals surface area contributed by atoms with E-state index in [0.717, 1.165) is 6.07 Å². The molecule has 2 aromatic rings. The van der Waals surface area contributed by atoms with Crippen molar-refractivity contribution in [2.45, 2.75) is 35.9 Å². The lowest BCUT2D eigenvalue weighted by Gasteiger charge is -2.50. The van der Waals surface area contributed by atoms with Gasteiger partial charge in [0.25, 0.3) is 5.91 Å². The summed E-state index contributed by atoms with van der Waals surface area (Å²) in [6, 6.07) is 7.00. The van der Waals surface area contributed by atoms with E-state index in [-0.39, 0.29) is 28.9 Å². The number of carbonyl (C=O) groups excluding carboxylic acids is 3. The van der Waals surface area contributed by atoms with Crippen LogP contribution in [0.3, 0.4) is 0 Å². The van der Waals surface area contributed by atoms with Crippen molar-refractivity contribution in [1.82, 2.24) is 9.62 Å². The van der Waals surface area contributed by atoms with Gasteiger partial charge in [0.1, 0.15) is 28.7 Å². The number of phenolic OH excluding ortho intramolecular Hbond substituents is 1. The van der Waals surface area contributed by atoms with Crippen LogP contribution in [-0.4, -0.2) is 77.0 Å². The first-order valence-corrected chi connectivity index (χ1v) is 14.3. The number of halogens is 1. The van der Waals surface area contributed by atoms with E-state index in [1.54, 1.807) is 6.07 Å². The highest BCUT2D eigenvalue weighted by atomic mass is 32.2. The van der Waals surface area contributed by atoms with Crippen LogP contribution in [0.1, 0.15) is 23.1 Å². The second kappa shape index (κ2) is 10.0. The van der Waals surface area contributed by atoms with Crippen molar-refractivity contribution in [2.75, 3.05) is 14.1 Å². The molecule has 3 aliphatic carbocycles. The van der Waals surface area contributed by atoms with Gasteiger partial charge in [-0.25, -0.2) is 17.5 Å². The summed E-state index contributed by atoms with van der Waals surface area (Å²) in [6.07, 6.45) is -0.482. The summed E-state index contributed by atoms with van der Waals surface area (Å²) in [5, 5.41) is 44.4. The Morgan fingerprint density at radius 3 is 2.40 bits per heavy atom. The molecular formula is C28H28FN3O9S. The molecular weight excluding hydrogens is 573 g/mol. The number of benzene rings is 2. The molecule has 0 aromatic heterocycles. The minimum Gasteiger partial charge on any atom is -0.508 e. The van der Waals surface area contributed by atoms with Gasteiger partial charge in [-0.15, -0.1) is 0 Å². The van der Waals surface area contributed by atoms with Gasteiger partial charge >= 0.3 is 0 Å². The number of amides is 1. The number of Topliss-reactive ketones (excluding diaryl/α,β-unsaturated/α-hetero) is 2. The molecule has 1 fully saturated rings. The van der Waals surface area contributed by atoms with Crippen molar-refractivity contribution in [3.63, 3.8) is 0 Å². The number of aromatic hydroxyl groups is 1. The molecule has 12 nitrogen and oxygen atoms in total. The maximum atomic E-state index is 15.8. The van der Waals surface area contributed by atoms with Gasteiger partial charge in [-0.1, -0.05) is 18.2 Å². The fourth-order valence-electron chi connectivity index (χ4n) is 6.33. The summed E-state index contributed by atoms with van der Waals surface area (Å²) in [5.41, 5.74) is 0.265. The Hall–Kier alpha value is -4.11. The van der Waals surface area contributed by atoms with Crippen LogP contribution < -0.4 is 10.5 Å². The first-order valence-electron chi connectivity index (χ1n) is 12.9. The van der Waals surface area contributed by atoms with E-state index in [4.69, 9.17) is 5.73 Å². The average Bonchev–Trinajstić information content (AvgIpc) is 2.92. The fraction of sp³-hybridized carbons (Fsp3) is 0.321. The zero-order chi connectivity index (χ0) is 30.9. The number of likely N-dealkylation sites (N-methyl/N-ethyl adjacent to an activating group) is 1. The summed E-state index contributed by atoms with van der Waals surface area (Å²) in [4.78, 5) is 40.3. The molecule has 0 spiro atoms. The zero-order valence-corrected chi connectivity index (χ0v) is 23.3. The van der Waals surface area contributed by atoms with Crippen LogP contribution in [0.2, 0.25) is 0 Å². The number of fused-ring (bicyclic) bond motifs is 3. The minimum atomic E-state index is -4.03. The zero-order valence-electron chi connectivity index (χ0n) is 22.5.